The lowest BCUT2D eigenvalue weighted by Crippen LogP contribution is -2.21. The van der Waals surface area contributed by atoms with E-state index in [1.807, 2.05) is 0 Å². The molecule has 0 saturated heterocycles. The molecular formula is C9H18N2O2. The number of hydrogen-bond donors (Lipinski definition) is 3. The predicted octanol–water partition coefficient (Wildman–Crippen LogP) is 0.677. The van der Waals surface area contributed by atoms with Gasteiger partial charge in [-0.3, -0.25) is 4.79 Å². The normalized spacial score (nSPS) is 16.7. The molecule has 0 aliphatic heterocycles. The molecule has 0 aliphatic carbocycles. The third-order valence-corrected chi connectivity index (χ3v) is 1.83. The number of allylic oxidation sites excluding steroid dienone is 1. The van der Waals surface area contributed by atoms with Gasteiger partial charge in [-0.05, 0) is 25.8 Å². The number of hydrogen-bond acceptors (Lipinski definition) is 3. The van der Waals surface area contributed by atoms with Crippen LogP contribution in [-0.4, -0.2) is 17.1 Å². The largest absolute Gasteiger partial charge is 0.481 e. The molecule has 0 saturated carbocycles. The second kappa shape index (κ2) is 5.59. The molecule has 0 spiro atoms. The van der Waals surface area contributed by atoms with Crippen LogP contribution in [0.25, 0.3) is 0 Å². The topological polar surface area (TPSA) is 89.3 Å². The van der Waals surface area contributed by atoms with E-state index in [2.05, 4.69) is 0 Å². The van der Waals surface area contributed by atoms with Crippen LogP contribution < -0.4 is 11.5 Å². The molecule has 5 N–H and O–H groups in total. The van der Waals surface area contributed by atoms with E-state index in [1.165, 1.54) is 0 Å². The molecule has 13 heavy (non-hydrogen) atoms. The maximum atomic E-state index is 10.5. The third-order valence-electron chi connectivity index (χ3n) is 1.83. The molecule has 0 aromatic heterocycles. The Kier molecular flexibility index (Phi) is 5.14. The summed E-state index contributed by atoms with van der Waals surface area (Å²) in [5.74, 6) is -1.11. The van der Waals surface area contributed by atoms with Crippen molar-refractivity contribution in [2.75, 3.05) is 0 Å². The molecule has 0 radical (unpaired) electrons. The molecule has 0 amide bonds. The summed E-state index contributed by atoms with van der Waals surface area (Å²) in [7, 11) is 0. The van der Waals surface area contributed by atoms with Gasteiger partial charge in [0.1, 0.15) is 0 Å². The maximum Gasteiger partial charge on any atom is 0.306 e. The maximum absolute atomic E-state index is 10.5. The molecule has 0 fully saturated rings. The van der Waals surface area contributed by atoms with E-state index in [4.69, 9.17) is 16.6 Å². The van der Waals surface area contributed by atoms with Gasteiger partial charge in [-0.25, -0.2) is 0 Å². The van der Waals surface area contributed by atoms with E-state index in [-0.39, 0.29) is 12.0 Å². The zero-order valence-corrected chi connectivity index (χ0v) is 8.16. The second-order valence-electron chi connectivity index (χ2n) is 3.39. The van der Waals surface area contributed by atoms with Gasteiger partial charge in [0.25, 0.3) is 0 Å². The van der Waals surface area contributed by atoms with Crippen LogP contribution in [0, 0.1) is 5.92 Å². The molecular weight excluding hydrogens is 168 g/mol. The van der Waals surface area contributed by atoms with Crippen molar-refractivity contribution < 1.29 is 9.90 Å². The van der Waals surface area contributed by atoms with Crippen molar-refractivity contribution >= 4 is 5.97 Å². The number of rotatable bonds is 5. The van der Waals surface area contributed by atoms with Crippen LogP contribution in [0.3, 0.4) is 0 Å². The van der Waals surface area contributed by atoms with Crippen molar-refractivity contribution in [2.45, 2.75) is 32.7 Å². The molecule has 0 aromatic carbocycles. The molecule has 76 valence electrons. The Morgan fingerprint density at radius 2 is 2.08 bits per heavy atom. The lowest BCUT2D eigenvalue weighted by molar-refractivity contribution is -0.141. The van der Waals surface area contributed by atoms with Crippen LogP contribution in [0.5, 0.6) is 0 Å². The number of carboxylic acid groups (broad SMARTS) is 1. The van der Waals surface area contributed by atoms with Crippen molar-refractivity contribution in [3.05, 3.63) is 11.8 Å². The summed E-state index contributed by atoms with van der Waals surface area (Å²) in [6, 6.07) is -0.133. The molecule has 0 aromatic rings. The Bertz CT molecular complexity index is 198. The van der Waals surface area contributed by atoms with Crippen LogP contribution >= 0.6 is 0 Å². The van der Waals surface area contributed by atoms with Crippen LogP contribution in [-0.2, 0) is 4.79 Å². The van der Waals surface area contributed by atoms with Crippen molar-refractivity contribution in [1.82, 2.24) is 0 Å². The first kappa shape index (κ1) is 12.0. The third kappa shape index (κ3) is 6.16. The van der Waals surface area contributed by atoms with Gasteiger partial charge >= 0.3 is 5.97 Å². The lowest BCUT2D eigenvalue weighted by atomic mass is 10.0. The smallest absolute Gasteiger partial charge is 0.306 e. The van der Waals surface area contributed by atoms with Crippen molar-refractivity contribution in [2.24, 2.45) is 17.4 Å². The standard InChI is InChI=1S/C9H18N2O2/c1-6(9(12)13)3-4-8(11)5-7(2)10/h5-6,8H,3-4,10-11H2,1-2H3,(H,12,13)/b7-5-. The predicted molar refractivity (Wildman–Crippen MR) is 52.0 cm³/mol. The highest BCUT2D eigenvalue weighted by atomic mass is 16.4. The second-order valence-corrected chi connectivity index (χ2v) is 3.39. The van der Waals surface area contributed by atoms with Crippen LogP contribution in [0.15, 0.2) is 11.8 Å². The van der Waals surface area contributed by atoms with Gasteiger partial charge < -0.3 is 16.6 Å². The number of carbonyl (C=O) groups is 1. The van der Waals surface area contributed by atoms with Gasteiger partial charge in [0.2, 0.25) is 0 Å². The highest BCUT2D eigenvalue weighted by Crippen LogP contribution is 2.08. The summed E-state index contributed by atoms with van der Waals surface area (Å²) < 4.78 is 0. The minimum absolute atomic E-state index is 0.133. The first-order valence-electron chi connectivity index (χ1n) is 4.35. The zero-order chi connectivity index (χ0) is 10.4. The highest BCUT2D eigenvalue weighted by Gasteiger charge is 2.11. The highest BCUT2D eigenvalue weighted by molar-refractivity contribution is 5.69. The van der Waals surface area contributed by atoms with Crippen LogP contribution in [0.4, 0.5) is 0 Å². The van der Waals surface area contributed by atoms with Gasteiger partial charge in [-0.15, -0.1) is 0 Å². The van der Waals surface area contributed by atoms with Gasteiger partial charge in [-0.1, -0.05) is 6.92 Å². The Labute approximate surface area is 78.6 Å². The van der Waals surface area contributed by atoms with E-state index in [9.17, 15) is 4.79 Å². The summed E-state index contributed by atoms with van der Waals surface area (Å²) >= 11 is 0. The zero-order valence-electron chi connectivity index (χ0n) is 8.16. The van der Waals surface area contributed by atoms with Gasteiger partial charge in [0.15, 0.2) is 0 Å². The Morgan fingerprint density at radius 3 is 2.46 bits per heavy atom. The average Bonchev–Trinajstić information content (AvgIpc) is 1.98. The van der Waals surface area contributed by atoms with Crippen LogP contribution in [0.2, 0.25) is 0 Å². The van der Waals surface area contributed by atoms with Crippen molar-refractivity contribution in [1.29, 1.82) is 0 Å². The lowest BCUT2D eigenvalue weighted by Gasteiger charge is -2.09. The van der Waals surface area contributed by atoms with Gasteiger partial charge in [-0.2, -0.15) is 0 Å². The quantitative estimate of drug-likeness (QED) is 0.589. The number of carboxylic acids is 1. The summed E-state index contributed by atoms with van der Waals surface area (Å²) in [6.45, 7) is 3.44. The Hall–Kier alpha value is -1.03. The van der Waals surface area contributed by atoms with Gasteiger partial charge in [0, 0.05) is 11.7 Å². The number of nitrogens with two attached hydrogens (primary N) is 2. The molecule has 4 heteroatoms. The van der Waals surface area contributed by atoms with E-state index < -0.39 is 5.97 Å². The van der Waals surface area contributed by atoms with E-state index >= 15 is 0 Å². The molecule has 2 unspecified atom stereocenters. The molecule has 0 rings (SSSR count). The fourth-order valence-electron chi connectivity index (χ4n) is 0.987. The Morgan fingerprint density at radius 1 is 1.54 bits per heavy atom. The van der Waals surface area contributed by atoms with Crippen molar-refractivity contribution in [3.63, 3.8) is 0 Å². The van der Waals surface area contributed by atoms with Gasteiger partial charge in [0.05, 0.1) is 5.92 Å². The molecule has 4 nitrogen and oxygen atoms in total. The fraction of sp³-hybridized carbons (Fsp3) is 0.667. The SMILES string of the molecule is C/C(N)=C/C(N)CCC(C)C(=O)O. The molecule has 0 heterocycles. The van der Waals surface area contributed by atoms with Crippen molar-refractivity contribution in [3.8, 4) is 0 Å². The van der Waals surface area contributed by atoms with E-state index in [1.54, 1.807) is 19.9 Å². The first-order chi connectivity index (χ1) is 5.93. The minimum Gasteiger partial charge on any atom is -0.481 e. The number of aliphatic carboxylic acids is 1. The van der Waals surface area contributed by atoms with E-state index in [0.29, 0.717) is 18.5 Å². The summed E-state index contributed by atoms with van der Waals surface area (Å²) in [4.78, 5) is 10.5. The first-order valence-corrected chi connectivity index (χ1v) is 4.35. The summed E-state index contributed by atoms with van der Waals surface area (Å²) in [6.07, 6.45) is 2.98. The Balaban J connectivity index is 3.76. The summed E-state index contributed by atoms with van der Waals surface area (Å²) in [5, 5.41) is 8.60. The molecule has 0 bridgehead atoms. The monoisotopic (exact) mass is 186 g/mol. The summed E-state index contributed by atoms with van der Waals surface area (Å²) in [5.41, 5.74) is 11.8. The molecule has 2 atom stereocenters. The van der Waals surface area contributed by atoms with E-state index in [0.717, 1.165) is 0 Å². The minimum atomic E-state index is -0.777. The van der Waals surface area contributed by atoms with Crippen LogP contribution in [0.1, 0.15) is 26.7 Å². The molecule has 0 aliphatic rings. The average molecular weight is 186 g/mol. The fourth-order valence-corrected chi connectivity index (χ4v) is 0.987.